The topological polar surface area (TPSA) is 70.7 Å². The summed E-state index contributed by atoms with van der Waals surface area (Å²) in [5.74, 6) is 0.527. The third kappa shape index (κ3) is 4.71. The molecule has 3 rings (SSSR count). The average molecular weight is 428 g/mol. The number of thioether (sulfide) groups is 1. The smallest absolute Gasteiger partial charge is 0.234 e. The van der Waals surface area contributed by atoms with Crippen LogP contribution in [0.15, 0.2) is 41.6 Å². The first-order chi connectivity index (χ1) is 12.4. The predicted octanol–water partition coefficient (Wildman–Crippen LogP) is 5.47. The van der Waals surface area contributed by atoms with Crippen molar-refractivity contribution in [3.05, 3.63) is 57.0 Å². The van der Waals surface area contributed by atoms with Gasteiger partial charge in [-0.2, -0.15) is 0 Å². The summed E-state index contributed by atoms with van der Waals surface area (Å²) in [6, 6.07) is 10.9. The Morgan fingerprint density at radius 3 is 2.54 bits per heavy atom. The van der Waals surface area contributed by atoms with Gasteiger partial charge in [0, 0.05) is 5.56 Å². The molecule has 0 radical (unpaired) electrons. The summed E-state index contributed by atoms with van der Waals surface area (Å²) in [6.45, 7) is 2.02. The lowest BCUT2D eigenvalue weighted by molar-refractivity contribution is -0.113. The van der Waals surface area contributed by atoms with Crippen molar-refractivity contribution in [2.75, 3.05) is 11.1 Å². The van der Waals surface area contributed by atoms with Crippen molar-refractivity contribution in [3.8, 4) is 11.4 Å². The third-order valence-corrected chi connectivity index (χ3v) is 5.29. The number of rotatable bonds is 5. The van der Waals surface area contributed by atoms with E-state index in [1.807, 2.05) is 31.2 Å². The second kappa shape index (κ2) is 8.31. The van der Waals surface area contributed by atoms with Crippen LogP contribution in [0.4, 0.5) is 5.69 Å². The van der Waals surface area contributed by atoms with Crippen molar-refractivity contribution in [2.24, 2.45) is 0 Å². The monoisotopic (exact) mass is 426 g/mol. The van der Waals surface area contributed by atoms with E-state index in [9.17, 15) is 4.79 Å². The van der Waals surface area contributed by atoms with Gasteiger partial charge in [-0.25, -0.2) is 4.98 Å². The first-order valence-corrected chi connectivity index (χ1v) is 9.61. The summed E-state index contributed by atoms with van der Waals surface area (Å²) in [5.41, 5.74) is 2.50. The molecule has 3 aromatic rings. The average Bonchev–Trinajstić information content (AvgIpc) is 3.07. The molecule has 0 atom stereocenters. The Hall–Kier alpha value is -1.73. The lowest BCUT2D eigenvalue weighted by Gasteiger charge is -2.08. The van der Waals surface area contributed by atoms with E-state index in [4.69, 9.17) is 34.8 Å². The van der Waals surface area contributed by atoms with Crippen molar-refractivity contribution in [3.63, 3.8) is 0 Å². The molecule has 134 valence electrons. The Bertz CT molecular complexity index is 944. The summed E-state index contributed by atoms with van der Waals surface area (Å²) >= 11 is 19.1. The van der Waals surface area contributed by atoms with Crippen molar-refractivity contribution in [2.45, 2.75) is 12.1 Å². The third-order valence-electron chi connectivity index (χ3n) is 3.41. The highest BCUT2D eigenvalue weighted by Gasteiger charge is 2.12. The zero-order valence-corrected chi connectivity index (χ0v) is 16.6. The molecule has 26 heavy (non-hydrogen) atoms. The van der Waals surface area contributed by atoms with Gasteiger partial charge in [0.25, 0.3) is 0 Å². The van der Waals surface area contributed by atoms with Crippen LogP contribution in [0.3, 0.4) is 0 Å². The molecule has 0 unspecified atom stereocenters. The number of aromatic amines is 1. The molecule has 0 spiro atoms. The van der Waals surface area contributed by atoms with Gasteiger partial charge in [0.05, 0.1) is 26.5 Å². The van der Waals surface area contributed by atoms with Crippen LogP contribution in [0, 0.1) is 6.92 Å². The summed E-state index contributed by atoms with van der Waals surface area (Å²) < 4.78 is 0. The summed E-state index contributed by atoms with van der Waals surface area (Å²) in [5, 5.41) is 11.1. The maximum atomic E-state index is 12.1. The fourth-order valence-electron chi connectivity index (χ4n) is 2.09. The number of carbonyl (C=O) groups is 1. The van der Waals surface area contributed by atoms with Crippen LogP contribution in [0.2, 0.25) is 15.1 Å². The number of hydrogen-bond donors (Lipinski definition) is 2. The van der Waals surface area contributed by atoms with Gasteiger partial charge in [-0.3, -0.25) is 9.89 Å². The second-order valence-electron chi connectivity index (χ2n) is 5.42. The fourth-order valence-corrected chi connectivity index (χ4v) is 3.28. The summed E-state index contributed by atoms with van der Waals surface area (Å²) in [6.07, 6.45) is 0. The Labute approximate surface area is 169 Å². The number of carbonyl (C=O) groups excluding carboxylic acids is 1. The molecule has 0 aliphatic heterocycles. The number of halogens is 3. The molecule has 2 N–H and O–H groups in total. The zero-order chi connectivity index (χ0) is 18.7. The van der Waals surface area contributed by atoms with Crippen LogP contribution in [0.5, 0.6) is 0 Å². The number of anilines is 1. The van der Waals surface area contributed by atoms with Crippen molar-refractivity contribution < 1.29 is 4.79 Å². The Morgan fingerprint density at radius 1 is 1.12 bits per heavy atom. The number of benzene rings is 2. The van der Waals surface area contributed by atoms with E-state index in [0.29, 0.717) is 31.7 Å². The molecule has 1 amide bonds. The van der Waals surface area contributed by atoms with Crippen molar-refractivity contribution in [1.29, 1.82) is 0 Å². The summed E-state index contributed by atoms with van der Waals surface area (Å²) in [4.78, 5) is 16.5. The molecule has 1 aromatic heterocycles. The highest BCUT2D eigenvalue weighted by molar-refractivity contribution is 7.99. The fraction of sp³-hybridized carbons (Fsp3) is 0.118. The standard InChI is InChI=1S/C17H13Cl3N4OS/c1-9-2-4-10(5-3-9)16-22-17(24-23-16)26-8-15(25)21-14-7-12(19)11(18)6-13(14)20/h2-7H,8H2,1H3,(H,21,25)(H,22,23,24). The molecular formula is C17H13Cl3N4OS. The maximum absolute atomic E-state index is 12.1. The minimum atomic E-state index is -0.253. The number of nitrogens with zero attached hydrogens (tertiary/aromatic N) is 2. The van der Waals surface area contributed by atoms with E-state index in [1.165, 1.54) is 29.5 Å². The molecule has 0 saturated carbocycles. The molecule has 1 heterocycles. The van der Waals surface area contributed by atoms with Crippen LogP contribution in [0.25, 0.3) is 11.4 Å². The SMILES string of the molecule is Cc1ccc(-c2nc(SCC(=O)Nc3cc(Cl)c(Cl)cc3Cl)n[nH]2)cc1. The van der Waals surface area contributed by atoms with Crippen LogP contribution < -0.4 is 5.32 Å². The first-order valence-electron chi connectivity index (χ1n) is 7.49. The van der Waals surface area contributed by atoms with Gasteiger partial charge in [0.2, 0.25) is 11.1 Å². The van der Waals surface area contributed by atoms with Gasteiger partial charge >= 0.3 is 0 Å². The van der Waals surface area contributed by atoms with Crippen molar-refractivity contribution >= 4 is 58.2 Å². The van der Waals surface area contributed by atoms with Crippen LogP contribution in [-0.2, 0) is 4.79 Å². The van der Waals surface area contributed by atoms with Crippen LogP contribution >= 0.6 is 46.6 Å². The second-order valence-corrected chi connectivity index (χ2v) is 7.58. The summed E-state index contributed by atoms with van der Waals surface area (Å²) in [7, 11) is 0. The van der Waals surface area contributed by atoms with Gasteiger partial charge in [0.1, 0.15) is 0 Å². The van der Waals surface area contributed by atoms with Gasteiger partial charge in [-0.05, 0) is 19.1 Å². The number of amides is 1. The molecule has 0 aliphatic rings. The van der Waals surface area contributed by atoms with E-state index in [-0.39, 0.29) is 11.7 Å². The van der Waals surface area contributed by atoms with Gasteiger partial charge in [0.15, 0.2) is 5.82 Å². The predicted molar refractivity (Wildman–Crippen MR) is 107 cm³/mol. The zero-order valence-electron chi connectivity index (χ0n) is 13.5. The number of hydrogen-bond acceptors (Lipinski definition) is 4. The molecular weight excluding hydrogens is 415 g/mol. The number of H-pyrrole nitrogens is 1. The molecule has 0 fully saturated rings. The van der Waals surface area contributed by atoms with Gasteiger partial charge < -0.3 is 5.32 Å². The van der Waals surface area contributed by atoms with Crippen molar-refractivity contribution in [1.82, 2.24) is 15.2 Å². The molecule has 9 heteroatoms. The lowest BCUT2D eigenvalue weighted by atomic mass is 10.1. The van der Waals surface area contributed by atoms with E-state index >= 15 is 0 Å². The van der Waals surface area contributed by atoms with E-state index in [0.717, 1.165) is 5.56 Å². The van der Waals surface area contributed by atoms with Gasteiger partial charge in [-0.15, -0.1) is 5.10 Å². The highest BCUT2D eigenvalue weighted by atomic mass is 35.5. The number of aryl methyl sites for hydroxylation is 1. The lowest BCUT2D eigenvalue weighted by Crippen LogP contribution is -2.14. The minimum Gasteiger partial charge on any atom is -0.324 e. The number of nitrogens with one attached hydrogen (secondary N) is 2. The van der Waals surface area contributed by atoms with E-state index in [2.05, 4.69) is 20.5 Å². The Morgan fingerprint density at radius 2 is 1.81 bits per heavy atom. The molecule has 0 saturated heterocycles. The normalized spacial score (nSPS) is 10.8. The highest BCUT2D eigenvalue weighted by Crippen LogP contribution is 2.32. The number of aromatic nitrogens is 3. The first kappa shape index (κ1) is 19.0. The molecule has 2 aromatic carbocycles. The molecule has 0 aliphatic carbocycles. The van der Waals surface area contributed by atoms with Crippen LogP contribution in [0.1, 0.15) is 5.56 Å². The van der Waals surface area contributed by atoms with Crippen LogP contribution in [-0.4, -0.2) is 26.8 Å². The van der Waals surface area contributed by atoms with Gasteiger partial charge in [-0.1, -0.05) is 76.4 Å². The largest absolute Gasteiger partial charge is 0.324 e. The van der Waals surface area contributed by atoms with E-state index in [1.54, 1.807) is 0 Å². The Balaban J connectivity index is 1.60. The molecule has 5 nitrogen and oxygen atoms in total. The Kier molecular flexibility index (Phi) is 6.09. The quantitative estimate of drug-likeness (QED) is 0.418. The van der Waals surface area contributed by atoms with E-state index < -0.39 is 0 Å². The molecule has 0 bridgehead atoms. The maximum Gasteiger partial charge on any atom is 0.234 e. The minimum absolute atomic E-state index is 0.127.